The molecule has 1 atom stereocenters. The molecule has 25 heavy (non-hydrogen) atoms. The number of amides is 1. The van der Waals surface area contributed by atoms with Crippen LogP contribution in [-0.2, 0) is 31.2 Å². The quantitative estimate of drug-likeness (QED) is 0.781. The largest absolute Gasteiger partial charge is 0.352 e. The summed E-state index contributed by atoms with van der Waals surface area (Å²) in [5.74, 6) is -0.317. The topological polar surface area (TPSA) is 101 Å². The lowest BCUT2D eigenvalue weighted by Gasteiger charge is -2.35. The Labute approximate surface area is 149 Å². The maximum absolute atomic E-state index is 13.0. The second-order valence-electron chi connectivity index (χ2n) is 6.56. The second kappa shape index (κ2) is 7.05. The van der Waals surface area contributed by atoms with E-state index in [2.05, 4.69) is 5.32 Å². The van der Waals surface area contributed by atoms with E-state index in [1.165, 1.54) is 23.4 Å². The third-order valence-corrected chi connectivity index (χ3v) is 8.46. The van der Waals surface area contributed by atoms with E-state index >= 15 is 0 Å². The molecule has 140 valence electrons. The molecule has 1 saturated heterocycles. The molecule has 2 rings (SSSR count). The molecule has 0 aliphatic carbocycles. The number of rotatable bonds is 6. The third-order valence-electron chi connectivity index (χ3n) is 4.42. The van der Waals surface area contributed by atoms with Gasteiger partial charge in [0.05, 0.1) is 16.4 Å². The fourth-order valence-electron chi connectivity index (χ4n) is 3.17. The summed E-state index contributed by atoms with van der Waals surface area (Å²) < 4.78 is 51.0. The van der Waals surface area contributed by atoms with E-state index in [0.29, 0.717) is 13.0 Å². The van der Waals surface area contributed by atoms with E-state index in [1.54, 1.807) is 26.0 Å². The van der Waals surface area contributed by atoms with Crippen molar-refractivity contribution in [2.24, 2.45) is 0 Å². The first-order chi connectivity index (χ1) is 11.5. The van der Waals surface area contributed by atoms with Gasteiger partial charge in [-0.2, -0.15) is 4.31 Å². The molecule has 0 aromatic heterocycles. The number of sulfone groups is 1. The third kappa shape index (κ3) is 4.39. The van der Waals surface area contributed by atoms with E-state index in [0.717, 1.165) is 5.56 Å². The number of benzene rings is 1. The lowest BCUT2D eigenvalue weighted by molar-refractivity contribution is -0.119. The molecule has 0 unspecified atom stereocenters. The Balaban J connectivity index is 2.28. The highest BCUT2D eigenvalue weighted by atomic mass is 32.2. The van der Waals surface area contributed by atoms with Crippen molar-refractivity contribution in [3.63, 3.8) is 0 Å². The maximum atomic E-state index is 13.0. The second-order valence-corrected chi connectivity index (χ2v) is 10.6. The predicted octanol–water partition coefficient (Wildman–Crippen LogP) is 0.910. The summed E-state index contributed by atoms with van der Waals surface area (Å²) >= 11 is 0. The van der Waals surface area contributed by atoms with Gasteiger partial charge in [-0.25, -0.2) is 16.8 Å². The average Bonchev–Trinajstić information content (AvgIpc) is 2.80. The van der Waals surface area contributed by atoms with Crippen molar-refractivity contribution < 1.29 is 21.6 Å². The fourth-order valence-corrected chi connectivity index (χ4v) is 7.20. The van der Waals surface area contributed by atoms with Crippen LogP contribution in [0.2, 0.25) is 0 Å². The Kier molecular flexibility index (Phi) is 5.60. The Morgan fingerprint density at radius 2 is 1.88 bits per heavy atom. The first-order valence-corrected chi connectivity index (χ1v) is 11.3. The first kappa shape index (κ1) is 19.9. The van der Waals surface area contributed by atoms with Crippen LogP contribution < -0.4 is 5.32 Å². The van der Waals surface area contributed by atoms with Crippen LogP contribution in [-0.4, -0.2) is 50.6 Å². The predicted molar refractivity (Wildman–Crippen MR) is 95.2 cm³/mol. The van der Waals surface area contributed by atoms with Crippen LogP contribution in [0.5, 0.6) is 0 Å². The number of hydrogen-bond donors (Lipinski definition) is 1. The van der Waals surface area contributed by atoms with Crippen LogP contribution >= 0.6 is 0 Å². The highest BCUT2D eigenvalue weighted by Gasteiger charge is 2.47. The molecule has 1 aromatic rings. The number of hydrogen-bond acceptors (Lipinski definition) is 5. The van der Waals surface area contributed by atoms with E-state index in [4.69, 9.17) is 0 Å². The maximum Gasteiger partial charge on any atom is 0.243 e. The molecule has 0 radical (unpaired) electrons. The highest BCUT2D eigenvalue weighted by molar-refractivity contribution is 7.92. The smallest absolute Gasteiger partial charge is 0.243 e. The van der Waals surface area contributed by atoms with Crippen molar-refractivity contribution in [1.29, 1.82) is 0 Å². The summed E-state index contributed by atoms with van der Waals surface area (Å²) in [5, 5.41) is 2.65. The number of sulfonamides is 1. The van der Waals surface area contributed by atoms with Crippen LogP contribution in [0.15, 0.2) is 29.2 Å². The van der Waals surface area contributed by atoms with Crippen molar-refractivity contribution >= 4 is 25.8 Å². The van der Waals surface area contributed by atoms with Gasteiger partial charge in [0.15, 0.2) is 9.84 Å². The average molecular weight is 389 g/mol. The minimum Gasteiger partial charge on any atom is -0.352 e. The normalized spacial score (nSPS) is 22.9. The van der Waals surface area contributed by atoms with Crippen molar-refractivity contribution in [3.05, 3.63) is 29.8 Å². The zero-order valence-electron chi connectivity index (χ0n) is 14.6. The van der Waals surface area contributed by atoms with Crippen LogP contribution in [0.3, 0.4) is 0 Å². The number of nitrogens with one attached hydrogen (secondary N) is 1. The summed E-state index contributed by atoms with van der Waals surface area (Å²) in [5.41, 5.74) is -0.145. The molecular weight excluding hydrogens is 364 g/mol. The lowest BCUT2D eigenvalue weighted by atomic mass is 10.0. The van der Waals surface area contributed by atoms with Gasteiger partial charge in [-0.3, -0.25) is 4.79 Å². The Hall–Kier alpha value is -1.45. The molecule has 7 nitrogen and oxygen atoms in total. The van der Waals surface area contributed by atoms with E-state index in [1.807, 2.05) is 0 Å². The van der Waals surface area contributed by atoms with Gasteiger partial charge in [-0.15, -0.1) is 0 Å². The monoisotopic (exact) mass is 388 g/mol. The number of nitrogens with zero attached hydrogens (tertiary/aromatic N) is 1. The van der Waals surface area contributed by atoms with Gasteiger partial charge in [0.25, 0.3) is 0 Å². The fraction of sp³-hybridized carbons (Fsp3) is 0.562. The minimum atomic E-state index is -3.81. The zero-order chi connectivity index (χ0) is 18.9. The summed E-state index contributed by atoms with van der Waals surface area (Å²) in [7, 11) is -7.03. The Bertz CT molecular complexity index is 847. The van der Waals surface area contributed by atoms with Gasteiger partial charge >= 0.3 is 0 Å². The molecule has 0 bridgehead atoms. The van der Waals surface area contributed by atoms with Crippen molar-refractivity contribution in [2.45, 2.75) is 44.2 Å². The van der Waals surface area contributed by atoms with Gasteiger partial charge in [0, 0.05) is 25.6 Å². The molecule has 1 heterocycles. The molecule has 1 aromatic carbocycles. The summed E-state index contributed by atoms with van der Waals surface area (Å²) in [6.45, 7) is 5.32. The molecular formula is C16H24N2O5S2. The first-order valence-electron chi connectivity index (χ1n) is 8.07. The SMILES string of the molecule is CCN([C@@]1(C)CCS(=O)(=O)C1)S(=O)(=O)c1ccc(CNC(C)=O)cc1. The Morgan fingerprint density at radius 1 is 1.28 bits per heavy atom. The van der Waals surface area contributed by atoms with E-state index in [-0.39, 0.29) is 28.9 Å². The lowest BCUT2D eigenvalue weighted by Crippen LogP contribution is -2.50. The van der Waals surface area contributed by atoms with Crippen LogP contribution in [0.4, 0.5) is 0 Å². The zero-order valence-corrected chi connectivity index (χ0v) is 16.3. The molecule has 1 aliphatic heterocycles. The van der Waals surface area contributed by atoms with Crippen LogP contribution in [0, 0.1) is 0 Å². The van der Waals surface area contributed by atoms with Gasteiger partial charge in [-0.05, 0) is 31.0 Å². The molecule has 1 aliphatic rings. The standard InChI is InChI=1S/C16H24N2O5S2/c1-4-18(16(3)9-10-24(20,21)12-16)25(22,23)15-7-5-14(6-8-15)11-17-13(2)19/h5-8H,4,9-12H2,1-3H3,(H,17,19)/t16-/m0/s1. The van der Waals surface area contributed by atoms with Crippen LogP contribution in [0.25, 0.3) is 0 Å². The molecule has 1 amide bonds. The van der Waals surface area contributed by atoms with Crippen molar-refractivity contribution in [3.8, 4) is 0 Å². The molecule has 9 heteroatoms. The molecule has 0 saturated carbocycles. The highest BCUT2D eigenvalue weighted by Crippen LogP contribution is 2.33. The summed E-state index contributed by atoms with van der Waals surface area (Å²) in [6.07, 6.45) is 0.295. The van der Waals surface area contributed by atoms with Gasteiger partial charge < -0.3 is 5.32 Å². The summed E-state index contributed by atoms with van der Waals surface area (Å²) in [4.78, 5) is 11.1. The van der Waals surface area contributed by atoms with Crippen molar-refractivity contribution in [2.75, 3.05) is 18.1 Å². The number of carbonyl (C=O) groups excluding carboxylic acids is 1. The van der Waals surface area contributed by atoms with Gasteiger partial charge in [-0.1, -0.05) is 19.1 Å². The van der Waals surface area contributed by atoms with Crippen molar-refractivity contribution in [1.82, 2.24) is 9.62 Å². The molecule has 1 N–H and O–H groups in total. The van der Waals surface area contributed by atoms with Crippen LogP contribution in [0.1, 0.15) is 32.8 Å². The molecule has 1 fully saturated rings. The van der Waals surface area contributed by atoms with Gasteiger partial charge in [0.1, 0.15) is 0 Å². The number of carbonyl (C=O) groups is 1. The minimum absolute atomic E-state index is 0.00513. The van der Waals surface area contributed by atoms with E-state index < -0.39 is 25.4 Å². The molecule has 0 spiro atoms. The van der Waals surface area contributed by atoms with Gasteiger partial charge in [0.2, 0.25) is 15.9 Å². The Morgan fingerprint density at radius 3 is 2.32 bits per heavy atom. The summed E-state index contributed by atoms with van der Waals surface area (Å²) in [6, 6.07) is 6.26. The van der Waals surface area contributed by atoms with E-state index in [9.17, 15) is 21.6 Å².